The van der Waals surface area contributed by atoms with Crippen molar-refractivity contribution in [1.29, 1.82) is 0 Å². The molecule has 130 valence electrons. The Morgan fingerprint density at radius 2 is 1.72 bits per heavy atom. The zero-order valence-electron chi connectivity index (χ0n) is 14.2. The second-order valence-corrected chi connectivity index (χ2v) is 6.15. The van der Waals surface area contributed by atoms with Crippen molar-refractivity contribution in [1.82, 2.24) is 5.43 Å². The third kappa shape index (κ3) is 6.39. The van der Waals surface area contributed by atoms with Gasteiger partial charge >= 0.3 is 0 Å². The molecule has 6 heteroatoms. The summed E-state index contributed by atoms with van der Waals surface area (Å²) < 4.78 is 0. The number of nitrogens with zero attached hydrogens (tertiary/aromatic N) is 1. The molecular formula is C19H20ClN3O2. The zero-order chi connectivity index (χ0) is 18.2. The summed E-state index contributed by atoms with van der Waals surface area (Å²) in [4.78, 5) is 23.7. The smallest absolute Gasteiger partial charge is 0.240 e. The van der Waals surface area contributed by atoms with Crippen LogP contribution in [0.1, 0.15) is 29.5 Å². The Morgan fingerprint density at radius 3 is 2.40 bits per heavy atom. The lowest BCUT2D eigenvalue weighted by Gasteiger charge is -2.08. The number of hydrogen-bond acceptors (Lipinski definition) is 3. The van der Waals surface area contributed by atoms with Gasteiger partial charge in [-0.25, -0.2) is 5.43 Å². The highest BCUT2D eigenvalue weighted by Gasteiger charge is 2.08. The maximum Gasteiger partial charge on any atom is 0.240 e. The highest BCUT2D eigenvalue weighted by molar-refractivity contribution is 6.30. The second-order valence-electron chi connectivity index (χ2n) is 5.71. The molecule has 0 spiro atoms. The van der Waals surface area contributed by atoms with E-state index in [-0.39, 0.29) is 24.7 Å². The van der Waals surface area contributed by atoms with Gasteiger partial charge in [0, 0.05) is 23.6 Å². The molecule has 0 aliphatic carbocycles. The van der Waals surface area contributed by atoms with Crippen molar-refractivity contribution in [3.63, 3.8) is 0 Å². The number of hydrazone groups is 1. The topological polar surface area (TPSA) is 70.6 Å². The van der Waals surface area contributed by atoms with Crippen LogP contribution in [0.15, 0.2) is 47.6 Å². The van der Waals surface area contributed by atoms with E-state index in [1.807, 2.05) is 32.0 Å². The fourth-order valence-electron chi connectivity index (χ4n) is 2.18. The molecule has 0 aliphatic heterocycles. The van der Waals surface area contributed by atoms with Gasteiger partial charge in [-0.3, -0.25) is 9.59 Å². The summed E-state index contributed by atoms with van der Waals surface area (Å²) in [6.45, 7) is 3.92. The van der Waals surface area contributed by atoms with Crippen LogP contribution in [-0.2, 0) is 9.59 Å². The number of aryl methyl sites for hydroxylation is 2. The van der Waals surface area contributed by atoms with E-state index < -0.39 is 0 Å². The van der Waals surface area contributed by atoms with Crippen LogP contribution in [0.25, 0.3) is 0 Å². The number of carbonyl (C=O) groups is 2. The number of rotatable bonds is 6. The highest BCUT2D eigenvalue weighted by atomic mass is 35.5. The van der Waals surface area contributed by atoms with E-state index in [2.05, 4.69) is 15.8 Å². The minimum atomic E-state index is -0.319. The quantitative estimate of drug-likeness (QED) is 0.609. The number of halogens is 1. The molecule has 0 saturated carbocycles. The molecule has 0 saturated heterocycles. The number of nitrogens with one attached hydrogen (secondary N) is 2. The summed E-state index contributed by atoms with van der Waals surface area (Å²) in [5.74, 6) is -0.523. The van der Waals surface area contributed by atoms with E-state index in [4.69, 9.17) is 11.6 Å². The molecule has 0 fully saturated rings. The summed E-state index contributed by atoms with van der Waals surface area (Å²) in [6, 6.07) is 12.8. The molecule has 0 aromatic heterocycles. The lowest BCUT2D eigenvalue weighted by molar-refractivity contribution is -0.124. The van der Waals surface area contributed by atoms with E-state index in [1.165, 1.54) is 6.21 Å². The molecular weight excluding hydrogens is 338 g/mol. The summed E-state index contributed by atoms with van der Waals surface area (Å²) in [5, 5.41) is 7.30. The Balaban J connectivity index is 1.75. The number of carbonyl (C=O) groups excluding carboxylic acids is 2. The van der Waals surface area contributed by atoms with Crippen molar-refractivity contribution in [2.45, 2.75) is 26.7 Å². The molecule has 0 radical (unpaired) electrons. The molecule has 2 N–H and O–H groups in total. The van der Waals surface area contributed by atoms with Crippen LogP contribution >= 0.6 is 11.6 Å². The van der Waals surface area contributed by atoms with Gasteiger partial charge in [-0.05, 0) is 43.2 Å². The third-order valence-corrected chi connectivity index (χ3v) is 3.76. The second kappa shape index (κ2) is 8.99. The van der Waals surface area contributed by atoms with Gasteiger partial charge in [-0.1, -0.05) is 41.4 Å². The van der Waals surface area contributed by atoms with E-state index in [1.54, 1.807) is 24.3 Å². The van der Waals surface area contributed by atoms with Gasteiger partial charge in [-0.2, -0.15) is 5.10 Å². The van der Waals surface area contributed by atoms with Gasteiger partial charge in [0.15, 0.2) is 0 Å². The lowest BCUT2D eigenvalue weighted by atomic mass is 10.1. The van der Waals surface area contributed by atoms with Crippen molar-refractivity contribution in [3.05, 3.63) is 64.2 Å². The summed E-state index contributed by atoms with van der Waals surface area (Å²) in [5.41, 5.74) is 6.10. The van der Waals surface area contributed by atoms with Gasteiger partial charge in [0.25, 0.3) is 0 Å². The van der Waals surface area contributed by atoms with E-state index in [9.17, 15) is 9.59 Å². The molecule has 5 nitrogen and oxygen atoms in total. The highest BCUT2D eigenvalue weighted by Crippen LogP contribution is 2.16. The normalized spacial score (nSPS) is 10.7. The van der Waals surface area contributed by atoms with Gasteiger partial charge in [0.05, 0.1) is 6.21 Å². The molecule has 25 heavy (non-hydrogen) atoms. The predicted molar refractivity (Wildman–Crippen MR) is 101 cm³/mol. The zero-order valence-corrected chi connectivity index (χ0v) is 14.9. The molecule has 0 bridgehead atoms. The number of benzene rings is 2. The van der Waals surface area contributed by atoms with Crippen molar-refractivity contribution in [2.24, 2.45) is 5.10 Å². The first-order valence-electron chi connectivity index (χ1n) is 7.88. The Kier molecular flexibility index (Phi) is 6.71. The minimum absolute atomic E-state index is 0.0642. The monoisotopic (exact) mass is 357 g/mol. The molecule has 0 atom stereocenters. The third-order valence-electron chi connectivity index (χ3n) is 3.51. The first-order valence-corrected chi connectivity index (χ1v) is 8.26. The Bertz CT molecular complexity index is 786. The van der Waals surface area contributed by atoms with Crippen LogP contribution in [0.5, 0.6) is 0 Å². The molecule has 2 aromatic rings. The standard InChI is InChI=1S/C19H20ClN3O2/c1-13-3-8-17(14(2)11-13)22-18(24)9-10-19(25)23-21-12-15-4-6-16(20)7-5-15/h3-8,11-12H,9-10H2,1-2H3,(H,22,24)(H,23,25)/b21-12+. The molecule has 0 aliphatic rings. The average Bonchev–Trinajstić information content (AvgIpc) is 2.57. The van der Waals surface area contributed by atoms with E-state index in [0.717, 1.165) is 22.4 Å². The van der Waals surface area contributed by atoms with Crippen molar-refractivity contribution >= 4 is 35.3 Å². The van der Waals surface area contributed by atoms with Gasteiger partial charge < -0.3 is 5.32 Å². The SMILES string of the molecule is Cc1ccc(NC(=O)CCC(=O)N/N=C/c2ccc(Cl)cc2)c(C)c1. The van der Waals surface area contributed by atoms with Crippen molar-refractivity contribution < 1.29 is 9.59 Å². The van der Waals surface area contributed by atoms with Crippen LogP contribution in [0.3, 0.4) is 0 Å². The van der Waals surface area contributed by atoms with E-state index in [0.29, 0.717) is 5.02 Å². The number of anilines is 1. The van der Waals surface area contributed by atoms with Gasteiger partial charge in [0.2, 0.25) is 11.8 Å². The Hall–Kier alpha value is -2.66. The Morgan fingerprint density at radius 1 is 1.04 bits per heavy atom. The minimum Gasteiger partial charge on any atom is -0.326 e. The van der Waals surface area contributed by atoms with E-state index >= 15 is 0 Å². The average molecular weight is 358 g/mol. The van der Waals surface area contributed by atoms with Crippen LogP contribution < -0.4 is 10.7 Å². The Labute approximate surface area is 152 Å². The van der Waals surface area contributed by atoms with Crippen molar-refractivity contribution in [2.75, 3.05) is 5.32 Å². The van der Waals surface area contributed by atoms with Crippen LogP contribution in [0, 0.1) is 13.8 Å². The largest absolute Gasteiger partial charge is 0.326 e. The molecule has 2 rings (SSSR count). The maximum absolute atomic E-state index is 11.9. The first kappa shape index (κ1) is 18.7. The first-order chi connectivity index (χ1) is 11.9. The number of amides is 2. The van der Waals surface area contributed by atoms with Crippen LogP contribution in [0.4, 0.5) is 5.69 Å². The number of hydrogen-bond donors (Lipinski definition) is 2. The molecule has 2 aromatic carbocycles. The van der Waals surface area contributed by atoms with Crippen LogP contribution in [-0.4, -0.2) is 18.0 Å². The van der Waals surface area contributed by atoms with Gasteiger partial charge in [-0.15, -0.1) is 0 Å². The van der Waals surface area contributed by atoms with Crippen molar-refractivity contribution in [3.8, 4) is 0 Å². The van der Waals surface area contributed by atoms with Gasteiger partial charge in [0.1, 0.15) is 0 Å². The molecule has 2 amide bonds. The summed E-state index contributed by atoms with van der Waals surface area (Å²) >= 11 is 5.79. The van der Waals surface area contributed by atoms with Crippen LogP contribution in [0.2, 0.25) is 5.02 Å². The fraction of sp³-hybridized carbons (Fsp3) is 0.211. The molecule has 0 unspecified atom stereocenters. The summed E-state index contributed by atoms with van der Waals surface area (Å²) in [7, 11) is 0. The predicted octanol–water partition coefficient (Wildman–Crippen LogP) is 3.83. The maximum atomic E-state index is 11.9. The fourth-order valence-corrected chi connectivity index (χ4v) is 2.30. The lowest BCUT2D eigenvalue weighted by Crippen LogP contribution is -2.20. The molecule has 0 heterocycles. The summed E-state index contributed by atoms with van der Waals surface area (Å²) in [6.07, 6.45) is 1.67.